The molecule has 1 aromatic rings. The summed E-state index contributed by atoms with van der Waals surface area (Å²) >= 11 is 0. The first-order chi connectivity index (χ1) is 14.6. The molecule has 1 heterocycles. The van der Waals surface area contributed by atoms with E-state index in [0.29, 0.717) is 19.4 Å². The van der Waals surface area contributed by atoms with E-state index in [1.165, 1.54) is 0 Å². The fourth-order valence-corrected chi connectivity index (χ4v) is 5.44. The van der Waals surface area contributed by atoms with Crippen molar-refractivity contribution in [2.45, 2.75) is 70.6 Å². The van der Waals surface area contributed by atoms with E-state index < -0.39 is 17.2 Å². The lowest BCUT2D eigenvalue weighted by Gasteiger charge is -2.36. The maximum Gasteiger partial charge on any atom is 0.231 e. The highest BCUT2D eigenvalue weighted by molar-refractivity contribution is 5.99. The van der Waals surface area contributed by atoms with Crippen LogP contribution >= 0.6 is 0 Å². The van der Waals surface area contributed by atoms with Crippen LogP contribution < -0.4 is 11.1 Å². The van der Waals surface area contributed by atoms with Crippen molar-refractivity contribution in [1.29, 1.82) is 0 Å². The van der Waals surface area contributed by atoms with Gasteiger partial charge < -0.3 is 16.2 Å². The number of benzene rings is 1. The van der Waals surface area contributed by atoms with Gasteiger partial charge in [-0.15, -0.1) is 0 Å². The normalized spacial score (nSPS) is 33.6. The summed E-state index contributed by atoms with van der Waals surface area (Å²) in [5.41, 5.74) is 6.81. The maximum atomic E-state index is 13.1. The van der Waals surface area contributed by atoms with E-state index in [0.717, 1.165) is 24.0 Å². The SMILES string of the molecule is CCC1(CC)CC(=O)N(CC2C(C)C2C(=O)N[C@@H]2c3ccccc3C[C@@]2(C)O)C(N)=N1. The van der Waals surface area contributed by atoms with Gasteiger partial charge >= 0.3 is 0 Å². The van der Waals surface area contributed by atoms with E-state index >= 15 is 0 Å². The third kappa shape index (κ3) is 3.73. The third-order valence-electron chi connectivity index (χ3n) is 7.81. The summed E-state index contributed by atoms with van der Waals surface area (Å²) in [5.74, 6) is 0.165. The van der Waals surface area contributed by atoms with Gasteiger partial charge in [0.2, 0.25) is 11.8 Å². The van der Waals surface area contributed by atoms with Gasteiger partial charge in [-0.2, -0.15) is 0 Å². The van der Waals surface area contributed by atoms with Gasteiger partial charge in [0.05, 0.1) is 23.6 Å². The van der Waals surface area contributed by atoms with Gasteiger partial charge in [0, 0.05) is 18.9 Å². The minimum atomic E-state index is -1.02. The van der Waals surface area contributed by atoms with E-state index in [1.54, 1.807) is 11.8 Å². The number of rotatable bonds is 6. The monoisotopic (exact) mass is 426 g/mol. The van der Waals surface area contributed by atoms with Gasteiger partial charge in [-0.1, -0.05) is 45.0 Å². The van der Waals surface area contributed by atoms with Crippen molar-refractivity contribution in [2.24, 2.45) is 28.5 Å². The number of nitrogens with two attached hydrogens (primary N) is 1. The molecule has 1 aliphatic heterocycles. The van der Waals surface area contributed by atoms with Gasteiger partial charge in [0.25, 0.3) is 0 Å². The minimum absolute atomic E-state index is 0.0119. The molecule has 168 valence electrons. The van der Waals surface area contributed by atoms with Crippen LogP contribution in [-0.4, -0.2) is 45.5 Å². The molecule has 2 amide bonds. The van der Waals surface area contributed by atoms with Crippen LogP contribution in [0.4, 0.5) is 0 Å². The van der Waals surface area contributed by atoms with E-state index in [2.05, 4.69) is 10.3 Å². The summed E-state index contributed by atoms with van der Waals surface area (Å²) in [7, 11) is 0. The number of carbonyl (C=O) groups excluding carboxylic acids is 2. The summed E-state index contributed by atoms with van der Waals surface area (Å²) in [6, 6.07) is 7.41. The van der Waals surface area contributed by atoms with E-state index in [4.69, 9.17) is 5.73 Å². The lowest BCUT2D eigenvalue weighted by atomic mass is 9.88. The van der Waals surface area contributed by atoms with E-state index in [-0.39, 0.29) is 35.5 Å². The zero-order valence-corrected chi connectivity index (χ0v) is 18.9. The molecule has 7 heteroatoms. The van der Waals surface area contributed by atoms with E-state index in [1.807, 2.05) is 45.0 Å². The van der Waals surface area contributed by atoms with Crippen molar-refractivity contribution in [1.82, 2.24) is 10.2 Å². The molecule has 3 unspecified atom stereocenters. The van der Waals surface area contributed by atoms with Crippen molar-refractivity contribution < 1.29 is 14.7 Å². The smallest absolute Gasteiger partial charge is 0.231 e. The predicted molar refractivity (Wildman–Crippen MR) is 119 cm³/mol. The fraction of sp³-hybridized carbons (Fsp3) is 0.625. The number of aliphatic hydroxyl groups is 1. The molecule has 4 N–H and O–H groups in total. The van der Waals surface area contributed by atoms with Crippen LogP contribution in [-0.2, 0) is 16.0 Å². The van der Waals surface area contributed by atoms with Crippen LogP contribution in [0.3, 0.4) is 0 Å². The molecule has 0 spiro atoms. The van der Waals surface area contributed by atoms with Gasteiger partial charge in [0.1, 0.15) is 0 Å². The highest BCUT2D eigenvalue weighted by Gasteiger charge is 2.55. The summed E-state index contributed by atoms with van der Waals surface area (Å²) in [4.78, 5) is 32.1. The standard InChI is InChI=1S/C24H34N4O3/c1-5-24(6-2)12-18(29)28(22(25)27-24)13-17-14(3)19(17)21(30)26-20-16-10-8-7-9-15(16)11-23(20,4)31/h7-10,14,17,19-20,31H,5-6,11-13H2,1-4H3,(H2,25,27)(H,26,30)/t14?,17?,19?,20-,23-/m1/s1. The number of guanidine groups is 1. The Hall–Kier alpha value is -2.41. The first kappa shape index (κ1) is 21.8. The van der Waals surface area contributed by atoms with Crippen molar-refractivity contribution in [3.8, 4) is 0 Å². The zero-order chi connectivity index (χ0) is 22.6. The van der Waals surface area contributed by atoms with Gasteiger partial charge in [0.15, 0.2) is 5.96 Å². The molecule has 0 saturated heterocycles. The molecule has 1 fully saturated rings. The predicted octanol–water partition coefficient (Wildman–Crippen LogP) is 2.14. The van der Waals surface area contributed by atoms with Gasteiger partial charge in [-0.05, 0) is 42.7 Å². The molecule has 1 aromatic carbocycles. The van der Waals surface area contributed by atoms with Crippen LogP contribution in [0, 0.1) is 17.8 Å². The Bertz CT molecular complexity index is 921. The number of hydrogen-bond acceptors (Lipinski definition) is 5. The number of fused-ring (bicyclic) bond motifs is 1. The molecule has 2 aliphatic carbocycles. The van der Waals surface area contributed by atoms with Crippen molar-refractivity contribution in [3.05, 3.63) is 35.4 Å². The van der Waals surface area contributed by atoms with Crippen LogP contribution in [0.2, 0.25) is 0 Å². The number of nitrogens with one attached hydrogen (secondary N) is 1. The first-order valence-electron chi connectivity index (χ1n) is 11.4. The summed E-state index contributed by atoms with van der Waals surface area (Å²) in [6.07, 6.45) is 2.43. The molecular weight excluding hydrogens is 392 g/mol. The number of carbonyl (C=O) groups is 2. The summed E-state index contributed by atoms with van der Waals surface area (Å²) in [5, 5.41) is 14.0. The molecule has 7 nitrogen and oxygen atoms in total. The Labute approximate surface area is 184 Å². The van der Waals surface area contributed by atoms with Crippen LogP contribution in [0.25, 0.3) is 0 Å². The number of aliphatic imine (C=N–C) groups is 1. The second-order valence-corrected chi connectivity index (χ2v) is 9.81. The average Bonchev–Trinajstić information content (AvgIpc) is 3.29. The van der Waals surface area contributed by atoms with E-state index in [9.17, 15) is 14.7 Å². The number of nitrogens with zero attached hydrogens (tertiary/aromatic N) is 2. The Kier molecular flexibility index (Phi) is 5.36. The molecule has 1 saturated carbocycles. The molecule has 4 rings (SSSR count). The van der Waals surface area contributed by atoms with Crippen LogP contribution in [0.5, 0.6) is 0 Å². The fourth-order valence-electron chi connectivity index (χ4n) is 5.44. The van der Waals surface area contributed by atoms with Crippen LogP contribution in [0.15, 0.2) is 29.3 Å². The molecule has 3 aliphatic rings. The highest BCUT2D eigenvalue weighted by Crippen LogP contribution is 2.48. The number of amides is 2. The Balaban J connectivity index is 1.44. The molecule has 0 aromatic heterocycles. The largest absolute Gasteiger partial charge is 0.387 e. The lowest BCUT2D eigenvalue weighted by molar-refractivity contribution is -0.130. The topological polar surface area (TPSA) is 108 Å². The minimum Gasteiger partial charge on any atom is -0.387 e. The van der Waals surface area contributed by atoms with Gasteiger partial charge in [-0.3, -0.25) is 14.5 Å². The quantitative estimate of drug-likeness (QED) is 0.648. The van der Waals surface area contributed by atoms with Gasteiger partial charge in [-0.25, -0.2) is 4.99 Å². The summed E-state index contributed by atoms with van der Waals surface area (Å²) < 4.78 is 0. The zero-order valence-electron chi connectivity index (χ0n) is 18.9. The Morgan fingerprint density at radius 3 is 2.61 bits per heavy atom. The number of hydrogen-bond donors (Lipinski definition) is 3. The lowest BCUT2D eigenvalue weighted by Crippen LogP contribution is -2.52. The van der Waals surface area contributed by atoms with Crippen molar-refractivity contribution in [3.63, 3.8) is 0 Å². The molecule has 31 heavy (non-hydrogen) atoms. The Morgan fingerprint density at radius 1 is 1.29 bits per heavy atom. The van der Waals surface area contributed by atoms with Crippen molar-refractivity contribution in [2.75, 3.05) is 6.54 Å². The summed E-state index contributed by atoms with van der Waals surface area (Å²) in [6.45, 7) is 8.27. The maximum absolute atomic E-state index is 13.1. The first-order valence-corrected chi connectivity index (χ1v) is 11.4. The third-order valence-corrected chi connectivity index (χ3v) is 7.81. The Morgan fingerprint density at radius 2 is 1.97 bits per heavy atom. The van der Waals surface area contributed by atoms with Crippen molar-refractivity contribution >= 4 is 17.8 Å². The molecule has 0 bridgehead atoms. The second-order valence-electron chi connectivity index (χ2n) is 9.81. The molecule has 0 radical (unpaired) electrons. The molecular formula is C24H34N4O3. The van der Waals surface area contributed by atoms with Crippen LogP contribution in [0.1, 0.15) is 64.1 Å². The highest BCUT2D eigenvalue weighted by atomic mass is 16.3. The average molecular weight is 427 g/mol. The second kappa shape index (κ2) is 7.62. The molecule has 5 atom stereocenters.